The number of esters is 1. The van der Waals surface area contributed by atoms with Crippen LogP contribution >= 0.6 is 11.6 Å². The predicted octanol–water partition coefficient (Wildman–Crippen LogP) is 3.32. The molecule has 0 radical (unpaired) electrons. The fourth-order valence-electron chi connectivity index (χ4n) is 1.83. The van der Waals surface area contributed by atoms with E-state index >= 15 is 0 Å². The van der Waals surface area contributed by atoms with Crippen molar-refractivity contribution in [3.05, 3.63) is 64.7 Å². The van der Waals surface area contributed by atoms with E-state index in [0.717, 1.165) is 5.56 Å². The van der Waals surface area contributed by atoms with E-state index < -0.39 is 5.97 Å². The maximum Gasteiger partial charge on any atom is 0.310 e. The molecule has 0 spiro atoms. The van der Waals surface area contributed by atoms with Crippen LogP contribution in [0.15, 0.2) is 48.5 Å². The lowest BCUT2D eigenvalue weighted by molar-refractivity contribution is -0.141. The van der Waals surface area contributed by atoms with E-state index in [-0.39, 0.29) is 18.8 Å². The molecular formula is C17H15ClO4. The Labute approximate surface area is 133 Å². The molecule has 114 valence electrons. The first-order valence-electron chi connectivity index (χ1n) is 6.66. The lowest BCUT2D eigenvalue weighted by Crippen LogP contribution is -2.15. The molecule has 0 bridgehead atoms. The van der Waals surface area contributed by atoms with E-state index in [0.29, 0.717) is 16.3 Å². The number of rotatable bonds is 6. The number of hydrogen-bond donors (Lipinski definition) is 0. The lowest BCUT2D eigenvalue weighted by Gasteiger charge is -2.05. The van der Waals surface area contributed by atoms with Crippen molar-refractivity contribution in [2.24, 2.45) is 0 Å². The summed E-state index contributed by atoms with van der Waals surface area (Å²) < 4.78 is 10.0. The molecule has 0 fully saturated rings. The van der Waals surface area contributed by atoms with Crippen LogP contribution in [0.25, 0.3) is 0 Å². The Balaban J connectivity index is 1.84. The molecule has 5 heteroatoms. The second-order valence-electron chi connectivity index (χ2n) is 4.62. The SMILES string of the molecule is COc1ccc(C(=O)COC(=O)Cc2ccc(Cl)cc2)cc1. The maximum atomic E-state index is 11.9. The van der Waals surface area contributed by atoms with Crippen LogP contribution in [0.5, 0.6) is 5.75 Å². The van der Waals surface area contributed by atoms with Crippen molar-refractivity contribution >= 4 is 23.4 Å². The number of methoxy groups -OCH3 is 1. The molecular weight excluding hydrogens is 304 g/mol. The van der Waals surface area contributed by atoms with Gasteiger partial charge >= 0.3 is 5.97 Å². The summed E-state index contributed by atoms with van der Waals surface area (Å²) in [6.45, 7) is -0.279. The summed E-state index contributed by atoms with van der Waals surface area (Å²) in [5.41, 5.74) is 1.26. The van der Waals surface area contributed by atoms with Crippen molar-refractivity contribution in [3.8, 4) is 5.75 Å². The van der Waals surface area contributed by atoms with Gasteiger partial charge in [0.15, 0.2) is 12.4 Å². The average molecular weight is 319 g/mol. The summed E-state index contributed by atoms with van der Waals surface area (Å²) in [6.07, 6.45) is 0.104. The van der Waals surface area contributed by atoms with Crippen molar-refractivity contribution in [1.82, 2.24) is 0 Å². The smallest absolute Gasteiger partial charge is 0.310 e. The van der Waals surface area contributed by atoms with Crippen molar-refractivity contribution in [1.29, 1.82) is 0 Å². The Bertz CT molecular complexity index is 647. The molecule has 0 aromatic heterocycles. The Morgan fingerprint density at radius 2 is 1.64 bits per heavy atom. The summed E-state index contributed by atoms with van der Waals surface area (Å²) in [7, 11) is 1.55. The van der Waals surface area contributed by atoms with E-state index in [4.69, 9.17) is 21.1 Å². The van der Waals surface area contributed by atoms with Gasteiger partial charge in [0.2, 0.25) is 0 Å². The molecule has 4 nitrogen and oxygen atoms in total. The number of carbonyl (C=O) groups excluding carboxylic acids is 2. The molecule has 0 N–H and O–H groups in total. The van der Waals surface area contributed by atoms with E-state index in [1.54, 1.807) is 55.6 Å². The minimum atomic E-state index is -0.454. The van der Waals surface area contributed by atoms with Gasteiger partial charge in [-0.05, 0) is 42.0 Å². The zero-order chi connectivity index (χ0) is 15.9. The van der Waals surface area contributed by atoms with Crippen LogP contribution in [-0.4, -0.2) is 25.5 Å². The number of ketones is 1. The van der Waals surface area contributed by atoms with Crippen molar-refractivity contribution in [3.63, 3.8) is 0 Å². The topological polar surface area (TPSA) is 52.6 Å². The third kappa shape index (κ3) is 4.60. The van der Waals surface area contributed by atoms with Crippen LogP contribution in [-0.2, 0) is 16.0 Å². The maximum absolute atomic E-state index is 11.9. The minimum absolute atomic E-state index is 0.104. The van der Waals surface area contributed by atoms with E-state index in [9.17, 15) is 9.59 Å². The third-order valence-corrected chi connectivity index (χ3v) is 3.29. The summed E-state index contributed by atoms with van der Waals surface area (Å²) in [5.74, 6) is -0.0485. The summed E-state index contributed by atoms with van der Waals surface area (Å²) in [6, 6.07) is 13.5. The Morgan fingerprint density at radius 1 is 1.00 bits per heavy atom. The number of hydrogen-bond acceptors (Lipinski definition) is 4. The molecule has 2 aromatic carbocycles. The van der Waals surface area contributed by atoms with Crippen LogP contribution in [0.2, 0.25) is 5.02 Å². The van der Waals surface area contributed by atoms with E-state index in [1.165, 1.54) is 0 Å². The largest absolute Gasteiger partial charge is 0.497 e. The standard InChI is InChI=1S/C17H15ClO4/c1-21-15-8-4-13(5-9-15)16(19)11-22-17(20)10-12-2-6-14(18)7-3-12/h2-9H,10-11H2,1H3. The van der Waals surface area contributed by atoms with Gasteiger partial charge in [-0.15, -0.1) is 0 Å². The van der Waals surface area contributed by atoms with Crippen molar-refractivity contribution < 1.29 is 19.1 Å². The zero-order valence-electron chi connectivity index (χ0n) is 12.0. The number of Topliss-reactive ketones (excluding diaryl/α,β-unsaturated/α-hetero) is 1. The first-order valence-corrected chi connectivity index (χ1v) is 7.03. The fraction of sp³-hybridized carbons (Fsp3) is 0.176. The first kappa shape index (κ1) is 16.0. The Kier molecular flexibility index (Phi) is 5.55. The molecule has 0 amide bonds. The van der Waals surface area contributed by atoms with Crippen LogP contribution in [0, 0.1) is 0 Å². The van der Waals surface area contributed by atoms with Gasteiger partial charge in [-0.3, -0.25) is 9.59 Å². The number of halogens is 1. The summed E-state index contributed by atoms with van der Waals surface area (Å²) >= 11 is 5.77. The van der Waals surface area contributed by atoms with Gasteiger partial charge in [0.25, 0.3) is 0 Å². The molecule has 2 aromatic rings. The molecule has 22 heavy (non-hydrogen) atoms. The summed E-state index contributed by atoms with van der Waals surface area (Å²) in [5, 5.41) is 0.604. The molecule has 2 rings (SSSR count). The Hall–Kier alpha value is -2.33. The lowest BCUT2D eigenvalue weighted by atomic mass is 10.1. The summed E-state index contributed by atoms with van der Waals surface area (Å²) in [4.78, 5) is 23.6. The second kappa shape index (κ2) is 7.61. The third-order valence-electron chi connectivity index (χ3n) is 3.04. The van der Waals surface area contributed by atoms with Gasteiger partial charge in [0, 0.05) is 10.6 Å². The highest BCUT2D eigenvalue weighted by Gasteiger charge is 2.10. The molecule has 0 saturated carbocycles. The second-order valence-corrected chi connectivity index (χ2v) is 5.05. The normalized spacial score (nSPS) is 10.1. The highest BCUT2D eigenvalue weighted by atomic mass is 35.5. The van der Waals surface area contributed by atoms with Crippen LogP contribution in [0.3, 0.4) is 0 Å². The monoisotopic (exact) mass is 318 g/mol. The van der Waals surface area contributed by atoms with Crippen LogP contribution in [0.1, 0.15) is 15.9 Å². The average Bonchev–Trinajstić information content (AvgIpc) is 2.55. The Morgan fingerprint density at radius 3 is 2.23 bits per heavy atom. The van der Waals surface area contributed by atoms with Gasteiger partial charge in [0.1, 0.15) is 5.75 Å². The highest BCUT2D eigenvalue weighted by molar-refractivity contribution is 6.30. The van der Waals surface area contributed by atoms with Gasteiger partial charge < -0.3 is 9.47 Å². The van der Waals surface area contributed by atoms with Gasteiger partial charge in [-0.2, -0.15) is 0 Å². The molecule has 0 unspecified atom stereocenters. The molecule has 0 aliphatic rings. The van der Waals surface area contributed by atoms with E-state index in [1.807, 2.05) is 0 Å². The molecule has 0 atom stereocenters. The molecule has 0 heterocycles. The first-order chi connectivity index (χ1) is 10.6. The van der Waals surface area contributed by atoms with Gasteiger partial charge in [0.05, 0.1) is 13.5 Å². The van der Waals surface area contributed by atoms with Crippen molar-refractivity contribution in [2.45, 2.75) is 6.42 Å². The van der Waals surface area contributed by atoms with E-state index in [2.05, 4.69) is 0 Å². The van der Waals surface area contributed by atoms with Crippen LogP contribution in [0.4, 0.5) is 0 Å². The van der Waals surface area contributed by atoms with Gasteiger partial charge in [-0.25, -0.2) is 0 Å². The fourth-order valence-corrected chi connectivity index (χ4v) is 1.95. The number of ether oxygens (including phenoxy) is 2. The predicted molar refractivity (Wildman–Crippen MR) is 83.4 cm³/mol. The van der Waals surface area contributed by atoms with Gasteiger partial charge in [-0.1, -0.05) is 23.7 Å². The molecule has 0 aliphatic heterocycles. The number of benzene rings is 2. The quantitative estimate of drug-likeness (QED) is 0.605. The molecule has 0 saturated heterocycles. The van der Waals surface area contributed by atoms with Crippen LogP contribution < -0.4 is 4.74 Å². The number of carbonyl (C=O) groups is 2. The molecule has 0 aliphatic carbocycles. The zero-order valence-corrected chi connectivity index (χ0v) is 12.8. The van der Waals surface area contributed by atoms with Crippen molar-refractivity contribution in [2.75, 3.05) is 13.7 Å². The highest BCUT2D eigenvalue weighted by Crippen LogP contribution is 2.12. The minimum Gasteiger partial charge on any atom is -0.497 e.